The van der Waals surface area contributed by atoms with Gasteiger partial charge in [-0.2, -0.15) is 10.3 Å². The molecule has 118 valence electrons. The maximum absolute atomic E-state index is 11.0. The number of aromatic nitrogens is 8. The van der Waals surface area contributed by atoms with Crippen molar-refractivity contribution in [1.82, 2.24) is 50.8 Å². The van der Waals surface area contributed by atoms with Crippen molar-refractivity contribution in [3.63, 3.8) is 0 Å². The minimum Gasteiger partial charge on any atom is -0.748 e. The lowest BCUT2D eigenvalue weighted by atomic mass is 10.9. The average molecular weight is 317 g/mol. The second kappa shape index (κ2) is 6.04. The van der Waals surface area contributed by atoms with Crippen LogP contribution < -0.4 is 0 Å². The second-order valence-electron chi connectivity index (χ2n) is 3.48. The summed E-state index contributed by atoms with van der Waals surface area (Å²) < 4.78 is 0. The van der Waals surface area contributed by atoms with Crippen molar-refractivity contribution in [1.29, 1.82) is 0 Å². The van der Waals surface area contributed by atoms with Crippen molar-refractivity contribution in [2.45, 2.75) is 13.3 Å². The monoisotopic (exact) mass is 317 g/mol. The molecule has 0 aliphatic heterocycles. The van der Waals surface area contributed by atoms with E-state index in [9.17, 15) is 25.4 Å². The summed E-state index contributed by atoms with van der Waals surface area (Å²) in [5.74, 6) is -1.63. The Kier molecular flexibility index (Phi) is 4.17. The molecular weight excluding hydrogens is 312 g/mol. The van der Waals surface area contributed by atoms with E-state index < -0.39 is 40.4 Å². The van der Waals surface area contributed by atoms with Crippen LogP contribution in [0.5, 0.6) is 0 Å². The van der Waals surface area contributed by atoms with E-state index in [-0.39, 0.29) is 0 Å². The molecular formula is C4H5N12O6-. The zero-order valence-corrected chi connectivity index (χ0v) is 10.3. The topological polar surface area (TPSA) is 223 Å². The van der Waals surface area contributed by atoms with Gasteiger partial charge in [-0.15, -0.1) is 0 Å². The number of rotatable bonds is 7. The van der Waals surface area contributed by atoms with Crippen LogP contribution in [0.2, 0.25) is 0 Å². The molecule has 2 rings (SSSR count). The Morgan fingerprint density at radius 1 is 1.00 bits per heavy atom. The van der Waals surface area contributed by atoms with Gasteiger partial charge in [-0.05, 0) is 9.85 Å². The minimum atomic E-state index is -0.913. The van der Waals surface area contributed by atoms with Crippen LogP contribution in [0.1, 0.15) is 0 Å². The highest BCUT2D eigenvalue weighted by atomic mass is 16.8. The maximum atomic E-state index is 11.0. The number of tetrazole rings is 2. The lowest BCUT2D eigenvalue weighted by Gasteiger charge is -2.30. The largest absolute Gasteiger partial charge is 0.748 e. The lowest BCUT2D eigenvalue weighted by molar-refractivity contribution is -0.394. The van der Waals surface area contributed by atoms with E-state index in [1.165, 1.54) is 0 Å². The van der Waals surface area contributed by atoms with Crippen LogP contribution in [0.3, 0.4) is 0 Å². The minimum absolute atomic E-state index is 0.539. The van der Waals surface area contributed by atoms with Crippen LogP contribution in [0, 0.1) is 25.4 Å². The molecule has 0 amide bonds. The van der Waals surface area contributed by atoms with Crippen LogP contribution in [0.4, 0.5) is 11.9 Å². The van der Waals surface area contributed by atoms with E-state index in [1.807, 2.05) is 0 Å². The fraction of sp³-hybridized carbons (Fsp3) is 0.500. The van der Waals surface area contributed by atoms with Crippen molar-refractivity contribution in [2.24, 2.45) is 0 Å². The molecule has 0 bridgehead atoms. The molecule has 2 aromatic rings. The van der Waals surface area contributed by atoms with Gasteiger partial charge in [0.25, 0.3) is 0 Å². The molecule has 2 aromatic heterocycles. The van der Waals surface area contributed by atoms with E-state index in [0.717, 1.165) is 0 Å². The highest BCUT2D eigenvalue weighted by Gasteiger charge is 2.21. The molecule has 0 radical (unpaired) electrons. The molecule has 0 aromatic carbocycles. The normalized spacial score (nSPS) is 11.3. The van der Waals surface area contributed by atoms with E-state index in [0.29, 0.717) is 14.6 Å². The first kappa shape index (κ1) is 15.2. The summed E-state index contributed by atoms with van der Waals surface area (Å²) in [7, 11) is 0. The van der Waals surface area contributed by atoms with E-state index >= 15 is 0 Å². The van der Waals surface area contributed by atoms with Crippen LogP contribution >= 0.6 is 0 Å². The zero-order valence-electron chi connectivity index (χ0n) is 10.3. The molecule has 0 spiro atoms. The van der Waals surface area contributed by atoms with E-state index in [2.05, 4.69) is 30.8 Å². The quantitative estimate of drug-likeness (QED) is 0.411. The third-order valence-electron chi connectivity index (χ3n) is 2.03. The van der Waals surface area contributed by atoms with Crippen LogP contribution in [-0.2, 0) is 13.3 Å². The Morgan fingerprint density at radius 3 is 1.68 bits per heavy atom. The molecule has 18 heteroatoms. The molecule has 0 saturated heterocycles. The summed E-state index contributed by atoms with van der Waals surface area (Å²) >= 11 is 0. The summed E-state index contributed by atoms with van der Waals surface area (Å²) in [6, 6.07) is 0. The third-order valence-corrected chi connectivity index (χ3v) is 2.03. The van der Waals surface area contributed by atoms with Gasteiger partial charge in [0.05, 0.1) is 20.4 Å². The molecule has 0 aliphatic rings. The fourth-order valence-corrected chi connectivity index (χ4v) is 1.18. The molecule has 1 N–H and O–H groups in total. The Balaban J connectivity index is 2.08. The van der Waals surface area contributed by atoms with Gasteiger partial charge in [0.2, 0.25) is 0 Å². The van der Waals surface area contributed by atoms with Gasteiger partial charge in [-0.3, -0.25) is 0 Å². The average Bonchev–Trinajstić information content (AvgIpc) is 3.06. The molecule has 0 aliphatic carbocycles. The predicted molar refractivity (Wildman–Crippen MR) is 57.8 cm³/mol. The van der Waals surface area contributed by atoms with Crippen molar-refractivity contribution < 1.29 is 15.1 Å². The molecule has 0 atom stereocenters. The SMILES string of the molecule is O=[N+]([O-])c1nnn(CN(Cn2nnc([N+](=O)[O-])n2)N([O-])O)n1. The van der Waals surface area contributed by atoms with Gasteiger partial charge in [0.1, 0.15) is 13.3 Å². The summed E-state index contributed by atoms with van der Waals surface area (Å²) in [6.45, 7) is -1.15. The molecule has 18 nitrogen and oxygen atoms in total. The van der Waals surface area contributed by atoms with Crippen molar-refractivity contribution >= 4 is 11.9 Å². The Hall–Kier alpha value is -3.22. The number of hydrogen-bond donors (Lipinski definition) is 1. The predicted octanol–water partition coefficient (Wildman–Crippen LogP) is -2.50. The second-order valence-corrected chi connectivity index (χ2v) is 3.48. The van der Waals surface area contributed by atoms with Crippen molar-refractivity contribution in [3.8, 4) is 0 Å². The lowest BCUT2D eigenvalue weighted by Crippen LogP contribution is -2.40. The summed E-state index contributed by atoms with van der Waals surface area (Å²) in [5, 5.41) is 59.9. The number of nitrogens with zero attached hydrogens (tertiary/aromatic N) is 12. The first-order valence-corrected chi connectivity index (χ1v) is 5.12. The fourth-order valence-electron chi connectivity index (χ4n) is 1.18. The van der Waals surface area contributed by atoms with Gasteiger partial charge in [0, 0.05) is 10.4 Å². The Bertz CT molecular complexity index is 622. The maximum Gasteiger partial charge on any atom is 0.514 e. The highest BCUT2D eigenvalue weighted by molar-refractivity contribution is 4.93. The van der Waals surface area contributed by atoms with Crippen LogP contribution in [0.25, 0.3) is 0 Å². The van der Waals surface area contributed by atoms with E-state index in [4.69, 9.17) is 5.21 Å². The molecule has 2 heterocycles. The Morgan fingerprint density at radius 2 is 1.41 bits per heavy atom. The van der Waals surface area contributed by atoms with Crippen molar-refractivity contribution in [2.75, 3.05) is 0 Å². The molecule has 0 saturated carbocycles. The Labute approximate surface area is 117 Å². The summed E-state index contributed by atoms with van der Waals surface area (Å²) in [6.07, 6.45) is 0. The molecule has 0 fully saturated rings. The van der Waals surface area contributed by atoms with Crippen LogP contribution in [0.15, 0.2) is 0 Å². The summed E-state index contributed by atoms with van der Waals surface area (Å²) in [4.78, 5) is 20.2. The zero-order chi connectivity index (χ0) is 16.3. The molecule has 22 heavy (non-hydrogen) atoms. The highest BCUT2D eigenvalue weighted by Crippen LogP contribution is 2.03. The molecule has 0 unspecified atom stereocenters. The number of hydrogen-bond acceptors (Lipinski definition) is 14. The van der Waals surface area contributed by atoms with Gasteiger partial charge in [-0.25, -0.2) is 0 Å². The standard InChI is InChI=1S/C4H5N12O6/c17-14(18)3-5-9-12(7-3)1-11(16(21)22)2-13-8-4(6-10-13)15(19)20/h21H,1-2H2/q-1. The van der Waals surface area contributed by atoms with Crippen LogP contribution in [-0.4, -0.2) is 65.8 Å². The van der Waals surface area contributed by atoms with Gasteiger partial charge in [-0.1, -0.05) is 9.59 Å². The first-order chi connectivity index (χ1) is 10.4. The number of hydrazine groups is 1. The van der Waals surface area contributed by atoms with Gasteiger partial charge < -0.3 is 30.6 Å². The first-order valence-electron chi connectivity index (χ1n) is 5.12. The summed E-state index contributed by atoms with van der Waals surface area (Å²) in [5.41, 5.74) is 0. The van der Waals surface area contributed by atoms with Gasteiger partial charge >= 0.3 is 11.9 Å². The van der Waals surface area contributed by atoms with Gasteiger partial charge in [0.15, 0.2) is 0 Å². The third kappa shape index (κ3) is 3.45. The smallest absolute Gasteiger partial charge is 0.514 e. The van der Waals surface area contributed by atoms with Crippen molar-refractivity contribution in [3.05, 3.63) is 25.4 Å². The van der Waals surface area contributed by atoms with E-state index in [1.54, 1.807) is 0 Å². The number of nitro groups is 2.